The van der Waals surface area contributed by atoms with Crippen LogP contribution in [-0.4, -0.2) is 23.9 Å². The second-order valence-corrected chi connectivity index (χ2v) is 4.68. The van der Waals surface area contributed by atoms with E-state index in [2.05, 4.69) is 42.0 Å². The molecule has 0 unspecified atom stereocenters. The Bertz CT molecular complexity index is 407. The van der Waals surface area contributed by atoms with Crippen LogP contribution in [0.15, 0.2) is 30.3 Å². The molecular weight excluding hydrogens is 218 g/mol. The number of aryl methyl sites for hydroxylation is 1. The summed E-state index contributed by atoms with van der Waals surface area (Å²) in [6.45, 7) is 4.40. The first kappa shape index (κ1) is 11.4. The van der Waals surface area contributed by atoms with Crippen LogP contribution >= 0.6 is 11.6 Å². The summed E-state index contributed by atoms with van der Waals surface area (Å²) in [6, 6.07) is 8.29. The Balaban J connectivity index is 2.11. The average molecular weight is 235 g/mol. The summed E-state index contributed by atoms with van der Waals surface area (Å²) in [5, 5.41) is 0.812. The van der Waals surface area contributed by atoms with Gasteiger partial charge in [-0.15, -0.1) is 0 Å². The van der Waals surface area contributed by atoms with Crippen LogP contribution in [0.4, 0.5) is 0 Å². The lowest BCUT2D eigenvalue weighted by Crippen LogP contribution is -2.05. The van der Waals surface area contributed by atoms with Crippen molar-refractivity contribution in [1.82, 2.24) is 0 Å². The van der Waals surface area contributed by atoms with E-state index in [0.29, 0.717) is 0 Å². The monoisotopic (exact) mass is 234 g/mol. The minimum atomic E-state index is 0.812. The van der Waals surface area contributed by atoms with E-state index in [0.717, 1.165) is 23.7 Å². The lowest BCUT2D eigenvalue weighted by molar-refractivity contribution is -0.500. The van der Waals surface area contributed by atoms with Crippen molar-refractivity contribution in [2.24, 2.45) is 0 Å². The summed E-state index contributed by atoms with van der Waals surface area (Å²) in [6.07, 6.45) is 6.70. The maximum Gasteiger partial charge on any atom is 0.164 e. The Morgan fingerprint density at radius 2 is 1.81 bits per heavy atom. The van der Waals surface area contributed by atoms with Crippen molar-refractivity contribution >= 4 is 22.8 Å². The molecule has 1 heterocycles. The fraction of sp³-hybridized carbons (Fsp3) is 0.357. The van der Waals surface area contributed by atoms with E-state index in [1.54, 1.807) is 0 Å². The van der Waals surface area contributed by atoms with Gasteiger partial charge in [-0.2, -0.15) is 0 Å². The first-order valence-electron chi connectivity index (χ1n) is 5.77. The number of hydrogen-bond acceptors (Lipinski definition) is 0. The SMILES string of the molecule is Cc1ccc(C(Cl)=CC=[N+]2CCCC2)cc1. The Hall–Kier alpha value is -1.08. The maximum atomic E-state index is 6.24. The Morgan fingerprint density at radius 3 is 2.44 bits per heavy atom. The number of halogens is 1. The molecule has 2 rings (SSSR count). The van der Waals surface area contributed by atoms with Gasteiger partial charge in [-0.1, -0.05) is 41.4 Å². The number of allylic oxidation sites excluding steroid dienone is 1. The van der Waals surface area contributed by atoms with Gasteiger partial charge in [0.05, 0.1) is 5.03 Å². The Morgan fingerprint density at radius 1 is 1.19 bits per heavy atom. The predicted octanol–water partition coefficient (Wildman–Crippen LogP) is 3.45. The van der Waals surface area contributed by atoms with Gasteiger partial charge in [0.1, 0.15) is 13.1 Å². The highest BCUT2D eigenvalue weighted by atomic mass is 35.5. The van der Waals surface area contributed by atoms with Crippen LogP contribution in [0.1, 0.15) is 24.0 Å². The molecule has 1 saturated heterocycles. The predicted molar refractivity (Wildman–Crippen MR) is 70.3 cm³/mol. The molecule has 16 heavy (non-hydrogen) atoms. The van der Waals surface area contributed by atoms with Crippen LogP contribution in [0, 0.1) is 6.92 Å². The third kappa shape index (κ3) is 2.96. The fourth-order valence-corrected chi connectivity index (χ4v) is 2.05. The molecule has 1 nitrogen and oxygen atoms in total. The van der Waals surface area contributed by atoms with E-state index in [9.17, 15) is 0 Å². The minimum absolute atomic E-state index is 0.812. The molecule has 1 aliphatic rings. The van der Waals surface area contributed by atoms with Crippen molar-refractivity contribution in [2.45, 2.75) is 19.8 Å². The molecule has 0 N–H and O–H groups in total. The van der Waals surface area contributed by atoms with Crippen molar-refractivity contribution in [1.29, 1.82) is 0 Å². The fourth-order valence-electron chi connectivity index (χ4n) is 1.87. The smallest absolute Gasteiger partial charge is 0.164 e. The zero-order chi connectivity index (χ0) is 11.4. The van der Waals surface area contributed by atoms with E-state index in [1.807, 2.05) is 6.08 Å². The highest BCUT2D eigenvalue weighted by molar-refractivity contribution is 6.49. The topological polar surface area (TPSA) is 3.01 Å². The normalized spacial score (nSPS) is 16.6. The Labute approximate surface area is 102 Å². The molecule has 0 amide bonds. The lowest BCUT2D eigenvalue weighted by Gasteiger charge is -1.98. The molecule has 1 aromatic carbocycles. The second kappa shape index (κ2) is 5.31. The highest BCUT2D eigenvalue weighted by Gasteiger charge is 2.10. The first-order chi connectivity index (χ1) is 7.75. The third-order valence-electron chi connectivity index (χ3n) is 2.90. The molecule has 0 spiro atoms. The van der Waals surface area contributed by atoms with Crippen molar-refractivity contribution < 1.29 is 4.58 Å². The summed E-state index contributed by atoms with van der Waals surface area (Å²) < 4.78 is 2.32. The van der Waals surface area contributed by atoms with Gasteiger partial charge in [0, 0.05) is 18.9 Å². The van der Waals surface area contributed by atoms with Gasteiger partial charge in [0.25, 0.3) is 0 Å². The molecular formula is C14H17ClN+. The molecule has 0 aromatic heterocycles. The van der Waals surface area contributed by atoms with Gasteiger partial charge in [-0.3, -0.25) is 0 Å². The van der Waals surface area contributed by atoms with Crippen LogP contribution in [0.25, 0.3) is 5.03 Å². The van der Waals surface area contributed by atoms with Crippen LogP contribution in [-0.2, 0) is 0 Å². The average Bonchev–Trinajstić information content (AvgIpc) is 2.80. The van der Waals surface area contributed by atoms with Gasteiger partial charge < -0.3 is 0 Å². The molecule has 2 heteroatoms. The standard InChI is InChI=1S/C14H17ClN/c1-12-4-6-13(7-5-12)14(15)8-11-16-9-2-3-10-16/h4-8,11H,2-3,9-10H2,1H3/q+1. The van der Waals surface area contributed by atoms with Crippen molar-refractivity contribution in [2.75, 3.05) is 13.1 Å². The largest absolute Gasteiger partial charge is 0.236 e. The summed E-state index contributed by atoms with van der Waals surface area (Å²) in [4.78, 5) is 0. The molecule has 0 atom stereocenters. The van der Waals surface area contributed by atoms with Crippen LogP contribution in [0.2, 0.25) is 0 Å². The van der Waals surface area contributed by atoms with Gasteiger partial charge in [0.15, 0.2) is 6.21 Å². The molecule has 0 bridgehead atoms. The summed E-state index contributed by atoms with van der Waals surface area (Å²) >= 11 is 6.24. The van der Waals surface area contributed by atoms with Crippen molar-refractivity contribution in [3.63, 3.8) is 0 Å². The van der Waals surface area contributed by atoms with Gasteiger partial charge in [0.2, 0.25) is 0 Å². The van der Waals surface area contributed by atoms with Crippen LogP contribution < -0.4 is 0 Å². The molecule has 1 aliphatic heterocycles. The lowest BCUT2D eigenvalue weighted by atomic mass is 10.1. The van der Waals surface area contributed by atoms with E-state index in [4.69, 9.17) is 11.6 Å². The molecule has 0 aliphatic carbocycles. The van der Waals surface area contributed by atoms with Gasteiger partial charge >= 0.3 is 0 Å². The highest BCUT2D eigenvalue weighted by Crippen LogP contribution is 2.18. The number of nitrogens with zero attached hydrogens (tertiary/aromatic N) is 1. The summed E-state index contributed by atoms with van der Waals surface area (Å²) in [5.41, 5.74) is 2.35. The van der Waals surface area contributed by atoms with Crippen LogP contribution in [0.5, 0.6) is 0 Å². The van der Waals surface area contributed by atoms with E-state index < -0.39 is 0 Å². The van der Waals surface area contributed by atoms with Gasteiger partial charge in [-0.05, 0) is 12.5 Å². The summed E-state index contributed by atoms with van der Waals surface area (Å²) in [7, 11) is 0. The summed E-state index contributed by atoms with van der Waals surface area (Å²) in [5.74, 6) is 0. The Kier molecular flexibility index (Phi) is 3.79. The van der Waals surface area contributed by atoms with Crippen molar-refractivity contribution in [3.8, 4) is 0 Å². The zero-order valence-corrected chi connectivity index (χ0v) is 10.4. The zero-order valence-electron chi connectivity index (χ0n) is 9.62. The molecule has 1 fully saturated rings. The van der Waals surface area contributed by atoms with E-state index in [1.165, 1.54) is 18.4 Å². The molecule has 1 aromatic rings. The van der Waals surface area contributed by atoms with Gasteiger partial charge in [-0.25, -0.2) is 4.58 Å². The van der Waals surface area contributed by atoms with Crippen molar-refractivity contribution in [3.05, 3.63) is 41.5 Å². The number of rotatable bonds is 2. The number of benzene rings is 1. The van der Waals surface area contributed by atoms with E-state index >= 15 is 0 Å². The number of hydrogen-bond donors (Lipinski definition) is 0. The molecule has 0 saturated carbocycles. The van der Waals surface area contributed by atoms with E-state index in [-0.39, 0.29) is 0 Å². The quantitative estimate of drug-likeness (QED) is 0.690. The molecule has 84 valence electrons. The first-order valence-corrected chi connectivity index (χ1v) is 6.15. The second-order valence-electron chi connectivity index (χ2n) is 4.27. The maximum absolute atomic E-state index is 6.24. The third-order valence-corrected chi connectivity index (χ3v) is 3.24. The van der Waals surface area contributed by atoms with Crippen LogP contribution in [0.3, 0.4) is 0 Å². The minimum Gasteiger partial charge on any atom is -0.236 e. The molecule has 0 radical (unpaired) electrons.